The summed E-state index contributed by atoms with van der Waals surface area (Å²) in [7, 11) is 1.57. The molecule has 3 aliphatic heterocycles. The lowest BCUT2D eigenvalue weighted by molar-refractivity contribution is -0.159. The fraction of sp³-hybridized carbons (Fsp3) is 0.593. The molecule has 0 radical (unpaired) electrons. The molecule has 0 saturated carbocycles. The van der Waals surface area contributed by atoms with Crippen molar-refractivity contribution >= 4 is 47.1 Å². The van der Waals surface area contributed by atoms with Gasteiger partial charge in [-0.05, 0) is 33.3 Å². The Labute approximate surface area is 248 Å². The van der Waals surface area contributed by atoms with E-state index in [0.717, 1.165) is 5.56 Å². The number of urea groups is 1. The van der Waals surface area contributed by atoms with Crippen LogP contribution in [-0.2, 0) is 25.5 Å². The van der Waals surface area contributed by atoms with Crippen molar-refractivity contribution in [1.82, 2.24) is 20.0 Å². The number of rotatable bonds is 7. The summed E-state index contributed by atoms with van der Waals surface area (Å²) in [5, 5.41) is 18.2. The number of amides is 4. The molecule has 4 amide bonds. The third-order valence-electron chi connectivity index (χ3n) is 7.47. The second-order valence-electron chi connectivity index (χ2n) is 10.9. The molecular weight excluding hydrogens is 574 g/mol. The van der Waals surface area contributed by atoms with Gasteiger partial charge in [0.05, 0.1) is 28.4 Å². The van der Waals surface area contributed by atoms with E-state index in [0.29, 0.717) is 74.1 Å². The lowest BCUT2D eigenvalue weighted by Crippen LogP contribution is -2.56. The zero-order chi connectivity index (χ0) is 31.4. The number of hydrogen-bond donors (Lipinski definition) is 4. The normalized spacial score (nSPS) is 20.8. The average molecular weight is 612 g/mol. The monoisotopic (exact) mass is 611 g/mol. The lowest BCUT2D eigenvalue weighted by Gasteiger charge is -2.38. The summed E-state index contributed by atoms with van der Waals surface area (Å²) in [6, 6.07) is 1.25. The summed E-state index contributed by atoms with van der Waals surface area (Å²) >= 11 is 6.33. The van der Waals surface area contributed by atoms with Gasteiger partial charge >= 0.3 is 18.0 Å². The quantitative estimate of drug-likeness (QED) is 0.258. The van der Waals surface area contributed by atoms with E-state index in [1.54, 1.807) is 27.9 Å². The number of aliphatic carboxylic acids is 2. The third kappa shape index (κ3) is 7.53. The Bertz CT molecular complexity index is 1230. The van der Waals surface area contributed by atoms with Crippen LogP contribution in [0.4, 0.5) is 10.5 Å². The molecule has 232 valence electrons. The van der Waals surface area contributed by atoms with E-state index < -0.39 is 17.5 Å². The largest absolute Gasteiger partial charge is 0.486 e. The number of likely N-dealkylation sites (tertiary alicyclic amines) is 1. The van der Waals surface area contributed by atoms with Crippen molar-refractivity contribution in [2.24, 2.45) is 0 Å². The molecule has 2 atom stereocenters. The minimum absolute atomic E-state index is 0.0110. The number of nitrogens with two attached hydrogens (primary N) is 1. The number of carboxylic acids is 2. The van der Waals surface area contributed by atoms with Crippen LogP contribution in [0.15, 0.2) is 6.07 Å². The number of nitrogen functional groups attached to an aromatic ring is 1. The summed E-state index contributed by atoms with van der Waals surface area (Å²) in [6.45, 7) is 9.10. The van der Waals surface area contributed by atoms with Crippen LogP contribution in [0.2, 0.25) is 5.02 Å². The molecule has 0 aliphatic carbocycles. The van der Waals surface area contributed by atoms with E-state index in [-0.39, 0.29) is 36.4 Å². The van der Waals surface area contributed by atoms with Crippen molar-refractivity contribution < 1.29 is 43.7 Å². The number of hydrogen-bond acceptors (Lipinski definition) is 8. The number of anilines is 1. The zero-order valence-corrected chi connectivity index (χ0v) is 24.9. The number of methoxy groups -OCH3 is 1. The standard InChI is InChI=1S/C25H36ClN5O5.C2H2O4/c1-5-29-10-11-30(24(29)34)9-7-20(32)31-8-6-18(19(14-31)35-4)28-23(33)15-12-17(26)21(27)16-13-25(2,3)36-22(15)16;3-1(4)2(5)6/h12,18-19H,5-11,13-14,27H2,1-4H3,(H,28,33);(H,3,4)(H,5,6)/t18-,19+;/m0./s1. The van der Waals surface area contributed by atoms with E-state index in [4.69, 9.17) is 46.6 Å². The molecule has 15 heteroatoms. The number of fused-ring (bicyclic) bond motifs is 1. The second kappa shape index (κ2) is 13.5. The van der Waals surface area contributed by atoms with Gasteiger partial charge in [-0.15, -0.1) is 0 Å². The van der Waals surface area contributed by atoms with Crippen LogP contribution in [0.25, 0.3) is 0 Å². The molecule has 0 unspecified atom stereocenters. The van der Waals surface area contributed by atoms with Gasteiger partial charge in [0.25, 0.3) is 5.91 Å². The van der Waals surface area contributed by atoms with Crippen molar-refractivity contribution in [3.63, 3.8) is 0 Å². The van der Waals surface area contributed by atoms with E-state index >= 15 is 0 Å². The predicted octanol–water partition coefficient (Wildman–Crippen LogP) is 1.28. The first kappa shape index (κ1) is 32.7. The molecule has 0 spiro atoms. The number of likely N-dealkylation sites (N-methyl/N-ethyl adjacent to an activating group) is 1. The van der Waals surface area contributed by atoms with Gasteiger partial charge in [0.1, 0.15) is 11.4 Å². The van der Waals surface area contributed by atoms with E-state index in [1.807, 2.05) is 20.8 Å². The van der Waals surface area contributed by atoms with Crippen LogP contribution in [-0.4, -0.2) is 119 Å². The third-order valence-corrected chi connectivity index (χ3v) is 7.78. The van der Waals surface area contributed by atoms with E-state index in [9.17, 15) is 14.4 Å². The van der Waals surface area contributed by atoms with Crippen molar-refractivity contribution in [2.75, 3.05) is 52.1 Å². The highest BCUT2D eigenvalue weighted by Crippen LogP contribution is 2.44. The van der Waals surface area contributed by atoms with Crippen molar-refractivity contribution in [2.45, 2.75) is 57.8 Å². The first-order chi connectivity index (χ1) is 19.7. The number of benzene rings is 1. The lowest BCUT2D eigenvalue weighted by atomic mass is 9.97. The number of piperidine rings is 1. The highest BCUT2D eigenvalue weighted by atomic mass is 35.5. The van der Waals surface area contributed by atoms with Gasteiger partial charge in [0.15, 0.2) is 0 Å². The fourth-order valence-corrected chi connectivity index (χ4v) is 5.44. The predicted molar refractivity (Wildman–Crippen MR) is 152 cm³/mol. The van der Waals surface area contributed by atoms with Gasteiger partial charge < -0.3 is 45.4 Å². The Balaban J connectivity index is 0.000000730. The molecule has 0 aromatic heterocycles. The first-order valence-corrected chi connectivity index (χ1v) is 14.0. The highest BCUT2D eigenvalue weighted by molar-refractivity contribution is 6.34. The van der Waals surface area contributed by atoms with Crippen molar-refractivity contribution in [3.05, 3.63) is 22.2 Å². The van der Waals surface area contributed by atoms with Gasteiger partial charge in [-0.1, -0.05) is 11.6 Å². The summed E-state index contributed by atoms with van der Waals surface area (Å²) < 4.78 is 11.7. The molecule has 2 fully saturated rings. The maximum atomic E-state index is 13.3. The van der Waals surface area contributed by atoms with Gasteiger partial charge in [0.2, 0.25) is 5.91 Å². The number of carboxylic acid groups (broad SMARTS) is 2. The van der Waals surface area contributed by atoms with Crippen LogP contribution in [0.1, 0.15) is 49.5 Å². The molecule has 1 aromatic rings. The van der Waals surface area contributed by atoms with Crippen LogP contribution >= 0.6 is 11.6 Å². The Morgan fingerprint density at radius 1 is 1.17 bits per heavy atom. The molecule has 1 aromatic carbocycles. The summed E-state index contributed by atoms with van der Waals surface area (Å²) in [6.07, 6.45) is 1.00. The summed E-state index contributed by atoms with van der Waals surface area (Å²) in [5.74, 6) is -3.52. The maximum Gasteiger partial charge on any atom is 0.414 e. The summed E-state index contributed by atoms with van der Waals surface area (Å²) in [5.41, 5.74) is 7.21. The molecule has 14 nitrogen and oxygen atoms in total. The Morgan fingerprint density at radius 2 is 1.81 bits per heavy atom. The smallest absolute Gasteiger partial charge is 0.414 e. The number of nitrogens with zero attached hydrogens (tertiary/aromatic N) is 3. The van der Waals surface area contributed by atoms with Crippen LogP contribution in [0.3, 0.4) is 0 Å². The topological polar surface area (TPSA) is 192 Å². The van der Waals surface area contributed by atoms with Gasteiger partial charge in [-0.25, -0.2) is 14.4 Å². The number of nitrogens with one attached hydrogen (secondary N) is 1. The fourth-order valence-electron chi connectivity index (χ4n) is 5.21. The number of carbonyl (C=O) groups is 5. The van der Waals surface area contributed by atoms with Crippen LogP contribution < -0.4 is 15.8 Å². The van der Waals surface area contributed by atoms with Crippen molar-refractivity contribution in [3.8, 4) is 5.75 Å². The molecule has 2 saturated heterocycles. The maximum absolute atomic E-state index is 13.3. The van der Waals surface area contributed by atoms with Crippen LogP contribution in [0.5, 0.6) is 5.75 Å². The zero-order valence-electron chi connectivity index (χ0n) is 24.1. The second-order valence-corrected chi connectivity index (χ2v) is 11.3. The highest BCUT2D eigenvalue weighted by Gasteiger charge is 2.38. The number of ether oxygens (including phenoxy) is 2. The molecule has 3 aliphatic rings. The van der Waals surface area contributed by atoms with Crippen molar-refractivity contribution in [1.29, 1.82) is 0 Å². The molecule has 0 bridgehead atoms. The minimum Gasteiger partial charge on any atom is -0.486 e. The molecule has 3 heterocycles. The Hall–Kier alpha value is -3.78. The molecule has 4 rings (SSSR count). The Morgan fingerprint density at radius 3 is 2.38 bits per heavy atom. The molecule has 5 N–H and O–H groups in total. The SMILES string of the molecule is CCN1CCN(CCC(=O)N2CC[C@H](NC(=O)c3cc(Cl)c(N)c4c3OC(C)(C)C4)[C@H](OC)C2)C1=O.O=C(O)C(=O)O. The number of halogens is 1. The van der Waals surface area contributed by atoms with E-state index in [2.05, 4.69) is 5.32 Å². The van der Waals surface area contributed by atoms with Crippen LogP contribution in [0, 0.1) is 0 Å². The van der Waals surface area contributed by atoms with Gasteiger partial charge in [0, 0.05) is 64.8 Å². The molecular formula is C27H38ClN5O9. The Kier molecular flexibility index (Phi) is 10.5. The minimum atomic E-state index is -1.82. The number of carbonyl (C=O) groups excluding carboxylic acids is 3. The van der Waals surface area contributed by atoms with Gasteiger partial charge in [-0.2, -0.15) is 0 Å². The first-order valence-electron chi connectivity index (χ1n) is 13.6. The van der Waals surface area contributed by atoms with E-state index in [1.165, 1.54) is 0 Å². The summed E-state index contributed by atoms with van der Waals surface area (Å²) in [4.78, 5) is 61.9. The van der Waals surface area contributed by atoms with Gasteiger partial charge in [-0.3, -0.25) is 9.59 Å². The molecule has 42 heavy (non-hydrogen) atoms. The average Bonchev–Trinajstić information content (AvgIpc) is 3.47.